The summed E-state index contributed by atoms with van der Waals surface area (Å²) < 4.78 is 4.73. The smallest absolute Gasteiger partial charge is 0.334 e. The van der Waals surface area contributed by atoms with Crippen molar-refractivity contribution in [3.05, 3.63) is 36.7 Å². The lowest BCUT2D eigenvalue weighted by atomic mass is 10.1. The fourth-order valence-electron chi connectivity index (χ4n) is 1.85. The maximum absolute atomic E-state index is 11.8. The van der Waals surface area contributed by atoms with Gasteiger partial charge in [0.05, 0.1) is 12.2 Å². The molecular weight excluding hydrogens is 274 g/mol. The van der Waals surface area contributed by atoms with Crippen molar-refractivity contribution >= 4 is 28.5 Å². The number of hydrogen-bond donors (Lipinski definition) is 3. The van der Waals surface area contributed by atoms with E-state index >= 15 is 0 Å². The second kappa shape index (κ2) is 6.67. The lowest BCUT2D eigenvalue weighted by molar-refractivity contribution is -0.147. The molecule has 2 rings (SSSR count). The summed E-state index contributed by atoms with van der Waals surface area (Å²) in [5.41, 5.74) is 0.599. The molecule has 0 spiro atoms. The van der Waals surface area contributed by atoms with Crippen molar-refractivity contribution in [3.63, 3.8) is 0 Å². The average molecular weight is 289 g/mol. The Morgan fingerprint density at radius 3 is 2.90 bits per heavy atom. The van der Waals surface area contributed by atoms with Crippen LogP contribution in [0.3, 0.4) is 0 Å². The zero-order valence-corrected chi connectivity index (χ0v) is 11.4. The zero-order chi connectivity index (χ0) is 15.2. The number of aromatic nitrogens is 1. The van der Waals surface area contributed by atoms with Gasteiger partial charge >= 0.3 is 12.0 Å². The molecule has 0 saturated carbocycles. The summed E-state index contributed by atoms with van der Waals surface area (Å²) in [4.78, 5) is 26.6. The topological polar surface area (TPSA) is 101 Å². The summed E-state index contributed by atoms with van der Waals surface area (Å²) >= 11 is 0. The van der Waals surface area contributed by atoms with E-state index in [0.29, 0.717) is 5.69 Å². The van der Waals surface area contributed by atoms with Gasteiger partial charge in [-0.3, -0.25) is 4.98 Å². The second-order valence-electron chi connectivity index (χ2n) is 4.30. The first kappa shape index (κ1) is 14.7. The number of pyridine rings is 1. The van der Waals surface area contributed by atoms with E-state index in [-0.39, 0.29) is 6.54 Å². The molecule has 7 heteroatoms. The number of nitrogens with zero attached hydrogens (tertiary/aromatic N) is 1. The predicted octanol–water partition coefficient (Wildman–Crippen LogP) is 1.46. The van der Waals surface area contributed by atoms with Crippen LogP contribution in [0.15, 0.2) is 36.7 Å². The molecule has 0 aliphatic rings. The summed E-state index contributed by atoms with van der Waals surface area (Å²) in [5, 5.41) is 15.7. The van der Waals surface area contributed by atoms with Gasteiger partial charge in [-0.1, -0.05) is 12.1 Å². The van der Waals surface area contributed by atoms with Gasteiger partial charge in [-0.2, -0.15) is 0 Å². The lowest BCUT2D eigenvalue weighted by Crippen LogP contribution is -2.39. The van der Waals surface area contributed by atoms with E-state index in [9.17, 15) is 9.59 Å². The standard InChI is InChI=1S/C14H15N3O4/c1-21-12(13(18)19)8-16-14(20)17-11-4-2-3-9-5-6-15-7-10(9)11/h2-7,12H,8H2,1H3,(H,18,19)(H2,16,17,20). The average Bonchev–Trinajstić information content (AvgIpc) is 2.48. The fourth-order valence-corrected chi connectivity index (χ4v) is 1.85. The first-order chi connectivity index (χ1) is 10.1. The number of amides is 2. The normalized spacial score (nSPS) is 11.9. The molecule has 0 radical (unpaired) electrons. The van der Waals surface area contributed by atoms with Gasteiger partial charge in [-0.15, -0.1) is 0 Å². The summed E-state index contributed by atoms with van der Waals surface area (Å²) in [7, 11) is 1.27. The molecule has 1 atom stereocenters. The minimum absolute atomic E-state index is 0.124. The predicted molar refractivity (Wildman–Crippen MR) is 77.2 cm³/mol. The van der Waals surface area contributed by atoms with Crippen LogP contribution >= 0.6 is 0 Å². The highest BCUT2D eigenvalue weighted by Crippen LogP contribution is 2.21. The van der Waals surface area contributed by atoms with Gasteiger partial charge in [0.25, 0.3) is 0 Å². The highest BCUT2D eigenvalue weighted by Gasteiger charge is 2.17. The van der Waals surface area contributed by atoms with Gasteiger partial charge < -0.3 is 20.5 Å². The van der Waals surface area contributed by atoms with E-state index in [2.05, 4.69) is 15.6 Å². The van der Waals surface area contributed by atoms with E-state index in [1.54, 1.807) is 18.5 Å². The van der Waals surface area contributed by atoms with Gasteiger partial charge in [0.2, 0.25) is 0 Å². The lowest BCUT2D eigenvalue weighted by Gasteiger charge is -2.13. The minimum Gasteiger partial charge on any atom is -0.479 e. The van der Waals surface area contributed by atoms with Crippen molar-refractivity contribution in [2.45, 2.75) is 6.10 Å². The Labute approximate surface area is 120 Å². The zero-order valence-electron chi connectivity index (χ0n) is 11.4. The highest BCUT2D eigenvalue weighted by molar-refractivity contribution is 6.01. The molecule has 1 aromatic heterocycles. The Bertz CT molecular complexity index is 654. The first-order valence-corrected chi connectivity index (χ1v) is 6.25. The molecule has 0 saturated heterocycles. The van der Waals surface area contributed by atoms with Crippen LogP contribution in [0.4, 0.5) is 10.5 Å². The summed E-state index contributed by atoms with van der Waals surface area (Å²) in [6.45, 7) is -0.124. The molecule has 1 heterocycles. The van der Waals surface area contributed by atoms with Crippen molar-refractivity contribution in [1.29, 1.82) is 0 Å². The number of hydrogen-bond acceptors (Lipinski definition) is 4. The number of anilines is 1. The number of carboxylic acids is 1. The van der Waals surface area contributed by atoms with Crippen LogP contribution in [0, 0.1) is 0 Å². The molecule has 0 fully saturated rings. The van der Waals surface area contributed by atoms with Crippen molar-refractivity contribution in [2.24, 2.45) is 0 Å². The van der Waals surface area contributed by atoms with Crippen molar-refractivity contribution in [2.75, 3.05) is 19.0 Å². The van der Waals surface area contributed by atoms with Crippen molar-refractivity contribution < 1.29 is 19.4 Å². The van der Waals surface area contributed by atoms with Crippen molar-refractivity contribution in [3.8, 4) is 0 Å². The Hall–Kier alpha value is -2.67. The maximum atomic E-state index is 11.8. The number of fused-ring (bicyclic) bond motifs is 1. The molecule has 0 aliphatic carbocycles. The Morgan fingerprint density at radius 1 is 1.38 bits per heavy atom. The number of methoxy groups -OCH3 is 1. The molecule has 110 valence electrons. The van der Waals surface area contributed by atoms with E-state index in [4.69, 9.17) is 9.84 Å². The molecular formula is C14H15N3O4. The van der Waals surface area contributed by atoms with Crippen LogP contribution in [0.25, 0.3) is 10.8 Å². The van der Waals surface area contributed by atoms with E-state index in [1.807, 2.05) is 18.2 Å². The fraction of sp³-hybridized carbons (Fsp3) is 0.214. The highest BCUT2D eigenvalue weighted by atomic mass is 16.5. The Balaban J connectivity index is 2.03. The van der Waals surface area contributed by atoms with E-state index in [1.165, 1.54) is 7.11 Å². The quantitative estimate of drug-likeness (QED) is 0.773. The maximum Gasteiger partial charge on any atom is 0.334 e. The third kappa shape index (κ3) is 3.67. The number of aliphatic carboxylic acids is 1. The molecule has 2 aromatic rings. The molecule has 2 amide bonds. The van der Waals surface area contributed by atoms with Crippen LogP contribution in [0.1, 0.15) is 0 Å². The number of carbonyl (C=O) groups is 2. The molecule has 1 unspecified atom stereocenters. The minimum atomic E-state index is -1.13. The van der Waals surface area contributed by atoms with E-state index < -0.39 is 18.1 Å². The second-order valence-corrected chi connectivity index (χ2v) is 4.30. The summed E-state index contributed by atoms with van der Waals surface area (Å²) in [6, 6.07) is 6.80. The van der Waals surface area contributed by atoms with Gasteiger partial charge in [0, 0.05) is 24.9 Å². The third-order valence-electron chi connectivity index (χ3n) is 2.94. The number of benzene rings is 1. The number of nitrogens with one attached hydrogen (secondary N) is 2. The Kier molecular flexibility index (Phi) is 4.68. The molecule has 7 nitrogen and oxygen atoms in total. The number of urea groups is 1. The number of carbonyl (C=O) groups excluding carboxylic acids is 1. The van der Waals surface area contributed by atoms with Crippen LogP contribution in [-0.4, -0.2) is 41.8 Å². The third-order valence-corrected chi connectivity index (χ3v) is 2.94. The van der Waals surface area contributed by atoms with Gasteiger partial charge in [-0.25, -0.2) is 9.59 Å². The first-order valence-electron chi connectivity index (χ1n) is 6.25. The molecule has 3 N–H and O–H groups in total. The largest absolute Gasteiger partial charge is 0.479 e. The van der Waals surface area contributed by atoms with Gasteiger partial charge in [-0.05, 0) is 17.5 Å². The summed E-state index contributed by atoms with van der Waals surface area (Å²) in [5.74, 6) is -1.13. The van der Waals surface area contributed by atoms with Crippen molar-refractivity contribution in [1.82, 2.24) is 10.3 Å². The Morgan fingerprint density at radius 2 is 2.19 bits per heavy atom. The van der Waals surface area contributed by atoms with Crippen LogP contribution in [0.2, 0.25) is 0 Å². The SMILES string of the molecule is COC(CNC(=O)Nc1cccc2ccncc12)C(=O)O. The van der Waals surface area contributed by atoms with Crippen LogP contribution < -0.4 is 10.6 Å². The monoisotopic (exact) mass is 289 g/mol. The molecule has 0 bridgehead atoms. The van der Waals surface area contributed by atoms with Crippen LogP contribution in [-0.2, 0) is 9.53 Å². The van der Waals surface area contributed by atoms with Crippen LogP contribution in [0.5, 0.6) is 0 Å². The van der Waals surface area contributed by atoms with E-state index in [0.717, 1.165) is 10.8 Å². The van der Waals surface area contributed by atoms with Gasteiger partial charge in [0.1, 0.15) is 0 Å². The molecule has 21 heavy (non-hydrogen) atoms. The molecule has 1 aromatic carbocycles. The molecule has 0 aliphatic heterocycles. The van der Waals surface area contributed by atoms with Gasteiger partial charge in [0.15, 0.2) is 6.10 Å². The number of carboxylic acid groups (broad SMARTS) is 1. The number of rotatable bonds is 5. The summed E-state index contributed by atoms with van der Waals surface area (Å²) in [6.07, 6.45) is 2.24. The number of ether oxygens (including phenoxy) is 1.